The molecule has 1 aliphatic heterocycles. The van der Waals surface area contributed by atoms with Crippen molar-refractivity contribution in [3.8, 4) is 0 Å². The van der Waals surface area contributed by atoms with Gasteiger partial charge in [0.15, 0.2) is 0 Å². The van der Waals surface area contributed by atoms with Crippen molar-refractivity contribution in [2.24, 2.45) is 5.41 Å². The van der Waals surface area contributed by atoms with Crippen molar-refractivity contribution in [2.45, 2.75) is 59.1 Å². The van der Waals surface area contributed by atoms with Crippen molar-refractivity contribution in [2.75, 3.05) is 6.54 Å². The molecule has 2 atom stereocenters. The Balaban J connectivity index is 2.21. The van der Waals surface area contributed by atoms with E-state index in [9.17, 15) is 9.59 Å². The monoisotopic (exact) mass is 317 g/mol. The van der Waals surface area contributed by atoms with E-state index in [0.29, 0.717) is 13.0 Å². The van der Waals surface area contributed by atoms with Crippen molar-refractivity contribution < 1.29 is 14.3 Å². The lowest BCUT2D eigenvalue weighted by atomic mass is 9.84. The summed E-state index contributed by atoms with van der Waals surface area (Å²) < 4.78 is 5.58. The highest BCUT2D eigenvalue weighted by molar-refractivity contribution is 5.90. The first-order chi connectivity index (χ1) is 10.7. The highest BCUT2D eigenvalue weighted by atomic mass is 16.6. The maximum atomic E-state index is 12.7. The van der Waals surface area contributed by atoms with Crippen molar-refractivity contribution >= 4 is 11.9 Å². The molecule has 1 saturated heterocycles. The zero-order valence-electron chi connectivity index (χ0n) is 14.8. The minimum Gasteiger partial charge on any atom is -0.459 e. The number of hydrogen-bond acceptors (Lipinski definition) is 3. The molecular weight excluding hydrogens is 290 g/mol. The lowest BCUT2D eigenvalue weighted by Gasteiger charge is -2.31. The normalized spacial score (nSPS) is 23.0. The van der Waals surface area contributed by atoms with E-state index in [0.717, 1.165) is 5.56 Å². The van der Waals surface area contributed by atoms with Crippen LogP contribution < -0.4 is 0 Å². The smallest absolute Gasteiger partial charge is 0.314 e. The first kappa shape index (κ1) is 17.5. The van der Waals surface area contributed by atoms with Crippen LogP contribution in [-0.4, -0.2) is 28.9 Å². The van der Waals surface area contributed by atoms with Crippen LogP contribution in [0.3, 0.4) is 0 Å². The van der Waals surface area contributed by atoms with Gasteiger partial charge in [-0.3, -0.25) is 9.59 Å². The fourth-order valence-electron chi connectivity index (χ4n) is 3.03. The predicted octanol–water partition coefficient (Wildman–Crippen LogP) is 3.72. The van der Waals surface area contributed by atoms with Crippen LogP contribution in [0.2, 0.25) is 0 Å². The Morgan fingerprint density at radius 2 is 1.91 bits per heavy atom. The van der Waals surface area contributed by atoms with Gasteiger partial charge in [0.25, 0.3) is 0 Å². The molecule has 2 rings (SSSR count). The van der Waals surface area contributed by atoms with Crippen molar-refractivity contribution in [1.29, 1.82) is 0 Å². The number of hydrogen-bond donors (Lipinski definition) is 0. The first-order valence-corrected chi connectivity index (χ1v) is 8.26. The summed E-state index contributed by atoms with van der Waals surface area (Å²) in [6.45, 7) is 9.95. The van der Waals surface area contributed by atoms with Crippen molar-refractivity contribution in [3.63, 3.8) is 0 Å². The Bertz CT molecular complexity index is 576. The van der Waals surface area contributed by atoms with E-state index in [-0.39, 0.29) is 24.3 Å². The van der Waals surface area contributed by atoms with E-state index in [1.54, 1.807) is 0 Å². The van der Waals surface area contributed by atoms with Gasteiger partial charge >= 0.3 is 5.97 Å². The van der Waals surface area contributed by atoms with Crippen LogP contribution >= 0.6 is 0 Å². The number of rotatable bonds is 4. The Morgan fingerprint density at radius 1 is 1.30 bits per heavy atom. The van der Waals surface area contributed by atoms with Crippen LogP contribution in [0.15, 0.2) is 30.3 Å². The van der Waals surface area contributed by atoms with Gasteiger partial charge in [0, 0.05) is 13.0 Å². The summed E-state index contributed by atoms with van der Waals surface area (Å²) in [5, 5.41) is 0. The molecule has 4 heteroatoms. The molecule has 1 amide bonds. The van der Waals surface area contributed by atoms with Crippen LogP contribution in [0.25, 0.3) is 0 Å². The van der Waals surface area contributed by atoms with Crippen LogP contribution in [0.1, 0.15) is 59.1 Å². The summed E-state index contributed by atoms with van der Waals surface area (Å²) >= 11 is 0. The summed E-state index contributed by atoms with van der Waals surface area (Å²) in [5.74, 6) is -0.238. The number of likely N-dealkylation sites (tertiary alicyclic amines) is 1. The molecule has 0 bridgehead atoms. The van der Waals surface area contributed by atoms with Gasteiger partial charge in [-0.2, -0.15) is 0 Å². The number of ether oxygens (including phenoxy) is 1. The van der Waals surface area contributed by atoms with Crippen LogP contribution in [0.4, 0.5) is 0 Å². The third-order valence-corrected chi connectivity index (χ3v) is 4.54. The summed E-state index contributed by atoms with van der Waals surface area (Å²) in [7, 11) is 0. The average Bonchev–Trinajstić information content (AvgIpc) is 2.84. The molecule has 23 heavy (non-hydrogen) atoms. The highest BCUT2D eigenvalue weighted by Crippen LogP contribution is 2.40. The minimum atomic E-state index is -0.729. The molecular formula is C19H27NO3. The summed E-state index contributed by atoms with van der Waals surface area (Å²) in [6, 6.07) is 9.87. The van der Waals surface area contributed by atoms with Gasteiger partial charge in [-0.25, -0.2) is 0 Å². The van der Waals surface area contributed by atoms with Crippen molar-refractivity contribution in [1.82, 2.24) is 4.90 Å². The average molecular weight is 317 g/mol. The summed E-state index contributed by atoms with van der Waals surface area (Å²) in [4.78, 5) is 27.0. The topological polar surface area (TPSA) is 46.6 Å². The standard InChI is InChI=1S/C19H27NO3/c1-6-19(17(22)23-18(3,4)5)12-16(21)20(13-19)14(2)15-10-8-7-9-11-15/h7-11,14H,6,12-13H2,1-5H3/t14-,19?/m1/s1. The first-order valence-electron chi connectivity index (χ1n) is 8.26. The second kappa shape index (κ2) is 6.34. The predicted molar refractivity (Wildman–Crippen MR) is 89.8 cm³/mol. The fraction of sp³-hybridized carbons (Fsp3) is 0.579. The molecule has 0 N–H and O–H groups in total. The molecule has 0 aromatic heterocycles. The third kappa shape index (κ3) is 3.74. The number of esters is 1. The fourth-order valence-corrected chi connectivity index (χ4v) is 3.03. The number of benzene rings is 1. The van der Waals surface area contributed by atoms with E-state index in [2.05, 4.69) is 0 Å². The molecule has 4 nitrogen and oxygen atoms in total. The number of nitrogens with zero attached hydrogens (tertiary/aromatic N) is 1. The third-order valence-electron chi connectivity index (χ3n) is 4.54. The van der Waals surface area contributed by atoms with E-state index in [4.69, 9.17) is 4.74 Å². The molecule has 0 spiro atoms. The zero-order valence-corrected chi connectivity index (χ0v) is 14.8. The van der Waals surface area contributed by atoms with Crippen molar-refractivity contribution in [3.05, 3.63) is 35.9 Å². The maximum Gasteiger partial charge on any atom is 0.314 e. The molecule has 1 aliphatic rings. The Hall–Kier alpha value is -1.84. The second-order valence-corrected chi connectivity index (χ2v) is 7.42. The largest absolute Gasteiger partial charge is 0.459 e. The van der Waals surface area contributed by atoms with E-state index >= 15 is 0 Å². The molecule has 0 radical (unpaired) electrons. The molecule has 0 aliphatic carbocycles. The molecule has 1 aromatic carbocycles. The summed E-state index contributed by atoms with van der Waals surface area (Å²) in [6.07, 6.45) is 0.835. The van der Waals surface area contributed by atoms with Gasteiger partial charge < -0.3 is 9.64 Å². The molecule has 1 heterocycles. The van der Waals surface area contributed by atoms with Gasteiger partial charge in [-0.05, 0) is 39.7 Å². The van der Waals surface area contributed by atoms with Crippen LogP contribution in [-0.2, 0) is 14.3 Å². The molecule has 1 fully saturated rings. The maximum absolute atomic E-state index is 12.7. The van der Waals surface area contributed by atoms with Crippen LogP contribution in [0, 0.1) is 5.41 Å². The molecule has 1 unspecified atom stereocenters. The van der Waals surface area contributed by atoms with E-state index in [1.165, 1.54) is 0 Å². The Labute approximate surface area is 138 Å². The molecule has 0 saturated carbocycles. The van der Waals surface area contributed by atoms with Gasteiger partial charge in [-0.1, -0.05) is 37.3 Å². The minimum absolute atomic E-state index is 0.0223. The van der Waals surface area contributed by atoms with Gasteiger partial charge in [0.2, 0.25) is 5.91 Å². The molecule has 126 valence electrons. The number of carbonyl (C=O) groups excluding carboxylic acids is 2. The van der Waals surface area contributed by atoms with Gasteiger partial charge in [0.05, 0.1) is 11.5 Å². The lowest BCUT2D eigenvalue weighted by Crippen LogP contribution is -2.40. The lowest BCUT2D eigenvalue weighted by molar-refractivity contribution is -0.167. The quantitative estimate of drug-likeness (QED) is 0.795. The Kier molecular flexibility index (Phi) is 4.83. The van der Waals surface area contributed by atoms with E-state index < -0.39 is 11.0 Å². The Morgan fingerprint density at radius 3 is 2.43 bits per heavy atom. The SMILES string of the molecule is CCC1(C(=O)OC(C)(C)C)CC(=O)N([C@H](C)c2ccccc2)C1. The summed E-state index contributed by atoms with van der Waals surface area (Å²) in [5.41, 5.74) is -0.189. The number of amides is 1. The van der Waals surface area contributed by atoms with Gasteiger partial charge in [-0.15, -0.1) is 0 Å². The highest BCUT2D eigenvalue weighted by Gasteiger charge is 2.50. The van der Waals surface area contributed by atoms with Crippen LogP contribution in [0.5, 0.6) is 0 Å². The van der Waals surface area contributed by atoms with E-state index in [1.807, 2.05) is 69.9 Å². The number of carbonyl (C=O) groups is 2. The second-order valence-electron chi connectivity index (χ2n) is 7.42. The zero-order chi connectivity index (χ0) is 17.3. The molecule has 1 aromatic rings. The van der Waals surface area contributed by atoms with Gasteiger partial charge in [0.1, 0.15) is 5.60 Å².